The number of nitrogens with zero attached hydrogens (tertiary/aromatic N) is 2. The van der Waals surface area contributed by atoms with Gasteiger partial charge in [0.25, 0.3) is 5.91 Å². The van der Waals surface area contributed by atoms with Crippen molar-refractivity contribution in [2.24, 2.45) is 0 Å². The molecule has 1 amide bonds. The maximum absolute atomic E-state index is 12.5. The first-order chi connectivity index (χ1) is 11.2. The van der Waals surface area contributed by atoms with Gasteiger partial charge in [-0.3, -0.25) is 9.89 Å². The molecule has 1 atom stereocenters. The topological polar surface area (TPSA) is 67.5 Å². The highest BCUT2D eigenvalue weighted by Gasteiger charge is 2.38. The molecule has 23 heavy (non-hydrogen) atoms. The van der Waals surface area contributed by atoms with Crippen molar-refractivity contribution in [3.05, 3.63) is 48.3 Å². The van der Waals surface area contributed by atoms with Crippen LogP contribution in [0.25, 0.3) is 0 Å². The van der Waals surface area contributed by atoms with Crippen LogP contribution in [-0.2, 0) is 4.74 Å². The van der Waals surface area contributed by atoms with Crippen LogP contribution in [0.2, 0.25) is 0 Å². The van der Waals surface area contributed by atoms with Crippen molar-refractivity contribution in [2.45, 2.75) is 18.4 Å². The molecule has 1 aromatic carbocycles. The maximum Gasteiger partial charge on any atom is 0.271 e. The Bertz CT molecular complexity index is 630. The van der Waals surface area contributed by atoms with Gasteiger partial charge in [-0.1, -0.05) is 18.2 Å². The van der Waals surface area contributed by atoms with Crippen molar-refractivity contribution in [1.82, 2.24) is 15.1 Å². The van der Waals surface area contributed by atoms with E-state index in [1.165, 1.54) is 0 Å². The number of amides is 1. The van der Waals surface area contributed by atoms with Crippen LogP contribution in [0.5, 0.6) is 5.75 Å². The summed E-state index contributed by atoms with van der Waals surface area (Å²) in [7, 11) is 1.68. The second-order valence-corrected chi connectivity index (χ2v) is 5.79. The number of hydrogen-bond acceptors (Lipinski definition) is 4. The van der Waals surface area contributed by atoms with Crippen LogP contribution < -0.4 is 4.74 Å². The molecular formula is C17H21N3O3. The molecular weight excluding hydrogens is 294 g/mol. The number of aromatic amines is 1. The average molecular weight is 315 g/mol. The largest absolute Gasteiger partial charge is 0.491 e. The van der Waals surface area contributed by atoms with Gasteiger partial charge in [0.2, 0.25) is 0 Å². The van der Waals surface area contributed by atoms with Crippen molar-refractivity contribution in [2.75, 3.05) is 26.8 Å². The molecule has 1 unspecified atom stereocenters. The number of carbonyl (C=O) groups is 1. The van der Waals surface area contributed by atoms with Crippen molar-refractivity contribution >= 4 is 5.91 Å². The first kappa shape index (κ1) is 15.6. The lowest BCUT2D eigenvalue weighted by Crippen LogP contribution is -2.54. The fraction of sp³-hybridized carbons (Fsp3) is 0.412. The Balaban J connectivity index is 1.67. The number of carbonyl (C=O) groups excluding carboxylic acids is 1. The molecule has 0 saturated carbocycles. The maximum atomic E-state index is 12.5. The molecule has 0 spiro atoms. The average Bonchev–Trinajstić information content (AvgIpc) is 3.15. The smallest absolute Gasteiger partial charge is 0.271 e. The highest BCUT2D eigenvalue weighted by atomic mass is 16.5. The van der Waals surface area contributed by atoms with Gasteiger partial charge in [0.05, 0.1) is 6.54 Å². The zero-order chi connectivity index (χ0) is 16.1. The summed E-state index contributed by atoms with van der Waals surface area (Å²) in [6, 6.07) is 11.3. The van der Waals surface area contributed by atoms with Crippen LogP contribution in [0.4, 0.5) is 0 Å². The number of piperidine rings is 1. The molecule has 0 bridgehead atoms. The minimum absolute atomic E-state index is 0.0525. The van der Waals surface area contributed by atoms with Gasteiger partial charge in [-0.05, 0) is 31.0 Å². The second kappa shape index (κ2) is 6.83. The number of benzene rings is 1. The molecule has 122 valence electrons. The summed E-state index contributed by atoms with van der Waals surface area (Å²) >= 11 is 0. The van der Waals surface area contributed by atoms with E-state index < -0.39 is 5.60 Å². The van der Waals surface area contributed by atoms with Crippen LogP contribution in [0.15, 0.2) is 42.6 Å². The monoisotopic (exact) mass is 315 g/mol. The fourth-order valence-electron chi connectivity index (χ4n) is 2.89. The summed E-state index contributed by atoms with van der Waals surface area (Å²) in [5.41, 5.74) is 0.0184. The number of methoxy groups -OCH3 is 1. The van der Waals surface area contributed by atoms with E-state index in [0.29, 0.717) is 25.4 Å². The summed E-state index contributed by atoms with van der Waals surface area (Å²) < 4.78 is 11.6. The fourth-order valence-corrected chi connectivity index (χ4v) is 2.89. The van der Waals surface area contributed by atoms with Crippen LogP contribution in [0.1, 0.15) is 23.3 Å². The third kappa shape index (κ3) is 3.53. The molecule has 1 aromatic heterocycles. The van der Waals surface area contributed by atoms with Gasteiger partial charge in [0.15, 0.2) is 0 Å². The van der Waals surface area contributed by atoms with Crippen LogP contribution in [0, 0.1) is 0 Å². The summed E-state index contributed by atoms with van der Waals surface area (Å²) in [6.45, 7) is 1.64. The molecule has 1 saturated heterocycles. The molecule has 0 aliphatic carbocycles. The number of aromatic nitrogens is 2. The quantitative estimate of drug-likeness (QED) is 0.917. The predicted octanol–water partition coefficient (Wildman–Crippen LogP) is 2.11. The Kier molecular flexibility index (Phi) is 4.62. The molecule has 3 rings (SSSR count). The van der Waals surface area contributed by atoms with Gasteiger partial charge in [-0.2, -0.15) is 5.10 Å². The SMILES string of the molecule is COC1(COc2ccccc2)CCCN(C(=O)c2ccn[nH]2)C1. The number of likely N-dealkylation sites (tertiary alicyclic amines) is 1. The van der Waals surface area contributed by atoms with Crippen molar-refractivity contribution in [3.63, 3.8) is 0 Å². The van der Waals surface area contributed by atoms with E-state index in [0.717, 1.165) is 18.6 Å². The first-order valence-electron chi connectivity index (χ1n) is 7.74. The third-order valence-electron chi connectivity index (χ3n) is 4.24. The number of hydrogen-bond donors (Lipinski definition) is 1. The Hall–Kier alpha value is -2.34. The Morgan fingerprint density at radius 1 is 1.35 bits per heavy atom. The minimum Gasteiger partial charge on any atom is -0.491 e. The number of nitrogens with one attached hydrogen (secondary N) is 1. The first-order valence-corrected chi connectivity index (χ1v) is 7.74. The number of ether oxygens (including phenoxy) is 2. The molecule has 6 nitrogen and oxygen atoms in total. The van der Waals surface area contributed by atoms with Crippen LogP contribution in [0.3, 0.4) is 0 Å². The molecule has 6 heteroatoms. The van der Waals surface area contributed by atoms with E-state index in [4.69, 9.17) is 9.47 Å². The van der Waals surface area contributed by atoms with E-state index in [-0.39, 0.29) is 5.91 Å². The van der Waals surface area contributed by atoms with E-state index >= 15 is 0 Å². The van der Waals surface area contributed by atoms with Crippen molar-refractivity contribution in [3.8, 4) is 5.75 Å². The van der Waals surface area contributed by atoms with E-state index in [9.17, 15) is 4.79 Å². The van der Waals surface area contributed by atoms with Crippen molar-refractivity contribution < 1.29 is 14.3 Å². The number of H-pyrrole nitrogens is 1. The summed E-state index contributed by atoms with van der Waals surface area (Å²) in [5, 5.41) is 6.57. The zero-order valence-electron chi connectivity index (χ0n) is 13.2. The molecule has 1 aliphatic rings. The standard InChI is InChI=1S/C17H21N3O3/c1-22-17(13-23-14-6-3-2-4-7-14)9-5-11-20(12-17)16(21)15-8-10-18-19-15/h2-4,6-8,10H,5,9,11-13H2,1H3,(H,18,19). The minimum atomic E-state index is -0.482. The molecule has 1 N–H and O–H groups in total. The third-order valence-corrected chi connectivity index (χ3v) is 4.24. The Labute approximate surface area is 135 Å². The second-order valence-electron chi connectivity index (χ2n) is 5.79. The van der Waals surface area contributed by atoms with Gasteiger partial charge < -0.3 is 14.4 Å². The van der Waals surface area contributed by atoms with Crippen LogP contribution >= 0.6 is 0 Å². The lowest BCUT2D eigenvalue weighted by Gasteiger charge is -2.41. The zero-order valence-corrected chi connectivity index (χ0v) is 13.2. The highest BCUT2D eigenvalue weighted by molar-refractivity contribution is 5.92. The van der Waals surface area contributed by atoms with Gasteiger partial charge in [-0.15, -0.1) is 0 Å². The lowest BCUT2D eigenvalue weighted by atomic mass is 9.93. The van der Waals surface area contributed by atoms with Gasteiger partial charge >= 0.3 is 0 Å². The predicted molar refractivity (Wildman–Crippen MR) is 85.4 cm³/mol. The van der Waals surface area contributed by atoms with Crippen LogP contribution in [-0.4, -0.2) is 53.4 Å². The summed E-state index contributed by atoms with van der Waals surface area (Å²) in [5.74, 6) is 0.754. The van der Waals surface area contributed by atoms with E-state index in [1.807, 2.05) is 30.3 Å². The molecule has 1 aliphatic heterocycles. The lowest BCUT2D eigenvalue weighted by molar-refractivity contribution is -0.0825. The number of para-hydroxylation sites is 1. The van der Waals surface area contributed by atoms with Gasteiger partial charge in [0, 0.05) is 19.9 Å². The Morgan fingerprint density at radius 3 is 2.87 bits per heavy atom. The van der Waals surface area contributed by atoms with Crippen molar-refractivity contribution in [1.29, 1.82) is 0 Å². The molecule has 2 heterocycles. The normalized spacial score (nSPS) is 21.2. The Morgan fingerprint density at radius 2 is 2.17 bits per heavy atom. The van der Waals surface area contributed by atoms with E-state index in [2.05, 4.69) is 10.2 Å². The molecule has 2 aromatic rings. The molecule has 0 radical (unpaired) electrons. The summed E-state index contributed by atoms with van der Waals surface area (Å²) in [4.78, 5) is 14.3. The number of rotatable bonds is 5. The van der Waals surface area contributed by atoms with E-state index in [1.54, 1.807) is 24.3 Å². The summed E-state index contributed by atoms with van der Waals surface area (Å²) in [6.07, 6.45) is 3.33. The van der Waals surface area contributed by atoms with Gasteiger partial charge in [0.1, 0.15) is 23.7 Å². The molecule has 1 fully saturated rings. The highest BCUT2D eigenvalue weighted by Crippen LogP contribution is 2.27. The van der Waals surface area contributed by atoms with Gasteiger partial charge in [-0.25, -0.2) is 0 Å².